The summed E-state index contributed by atoms with van der Waals surface area (Å²) in [5.74, 6) is -0.0335. The first-order valence-electron chi connectivity index (χ1n) is 10.2. The summed E-state index contributed by atoms with van der Waals surface area (Å²) in [6.07, 6.45) is 1.79. The van der Waals surface area contributed by atoms with Crippen molar-refractivity contribution in [2.24, 2.45) is 0 Å². The van der Waals surface area contributed by atoms with Gasteiger partial charge >= 0.3 is 5.97 Å². The van der Waals surface area contributed by atoms with Crippen molar-refractivity contribution >= 4 is 29.6 Å². The second-order valence-electron chi connectivity index (χ2n) is 7.31. The van der Waals surface area contributed by atoms with E-state index in [0.717, 1.165) is 16.0 Å². The lowest BCUT2D eigenvalue weighted by atomic mass is 10.0. The number of allylic oxidation sites excluding steroid dienone is 1. The lowest BCUT2D eigenvalue weighted by Crippen LogP contribution is -2.09. The summed E-state index contributed by atoms with van der Waals surface area (Å²) >= 11 is 1.43. The zero-order chi connectivity index (χ0) is 21.9. The highest BCUT2D eigenvalue weighted by molar-refractivity contribution is 8.04. The van der Waals surface area contributed by atoms with Crippen LogP contribution < -0.4 is 4.74 Å². The molecule has 1 heterocycles. The summed E-state index contributed by atoms with van der Waals surface area (Å²) in [6.45, 7) is 0. The second kappa shape index (κ2) is 8.69. The molecule has 0 fully saturated rings. The molecule has 0 spiro atoms. The van der Waals surface area contributed by atoms with Crippen LogP contribution in [-0.2, 0) is 0 Å². The van der Waals surface area contributed by atoms with Gasteiger partial charge in [-0.3, -0.25) is 4.79 Å². The number of benzene rings is 4. The fourth-order valence-electron chi connectivity index (χ4n) is 3.56. The molecule has 0 aromatic heterocycles. The molecule has 1 aliphatic rings. The number of hydrogen-bond donors (Lipinski definition) is 0. The molecule has 0 N–H and O–H groups in total. The topological polar surface area (TPSA) is 43.4 Å². The van der Waals surface area contributed by atoms with E-state index in [1.807, 2.05) is 84.9 Å². The standard InChI is InChI=1S/C28H18O3S/c29-27-23-11-5-7-13-25(23)32-26(27)18-22-10-4-6-12-24(22)31-28(30)21-16-14-20(15-17-21)19-8-2-1-3-9-19/h1-18H. The van der Waals surface area contributed by atoms with Gasteiger partial charge in [0.2, 0.25) is 5.78 Å². The zero-order valence-corrected chi connectivity index (χ0v) is 17.8. The second-order valence-corrected chi connectivity index (χ2v) is 8.39. The molecule has 0 radical (unpaired) electrons. The van der Waals surface area contributed by atoms with Gasteiger partial charge < -0.3 is 4.74 Å². The van der Waals surface area contributed by atoms with Crippen LogP contribution in [0.1, 0.15) is 26.3 Å². The van der Waals surface area contributed by atoms with Gasteiger partial charge in [-0.25, -0.2) is 4.79 Å². The van der Waals surface area contributed by atoms with Crippen molar-refractivity contribution < 1.29 is 14.3 Å². The van der Waals surface area contributed by atoms with Gasteiger partial charge in [-0.2, -0.15) is 0 Å². The summed E-state index contributed by atoms with van der Waals surface area (Å²) in [5, 5.41) is 0. The van der Waals surface area contributed by atoms with E-state index in [-0.39, 0.29) is 5.78 Å². The van der Waals surface area contributed by atoms with E-state index in [0.29, 0.717) is 27.3 Å². The van der Waals surface area contributed by atoms with E-state index in [1.165, 1.54) is 11.8 Å². The third-order valence-corrected chi connectivity index (χ3v) is 6.31. The molecule has 0 amide bonds. The van der Waals surface area contributed by atoms with Crippen LogP contribution in [0.25, 0.3) is 17.2 Å². The minimum atomic E-state index is -0.441. The number of carbonyl (C=O) groups excluding carboxylic acids is 2. The van der Waals surface area contributed by atoms with Crippen molar-refractivity contribution in [3.8, 4) is 16.9 Å². The average molecular weight is 435 g/mol. The molecule has 0 atom stereocenters. The number of fused-ring (bicyclic) bond motifs is 1. The maximum Gasteiger partial charge on any atom is 0.343 e. The van der Waals surface area contributed by atoms with Crippen LogP contribution in [0.4, 0.5) is 0 Å². The van der Waals surface area contributed by atoms with Crippen molar-refractivity contribution in [1.29, 1.82) is 0 Å². The van der Waals surface area contributed by atoms with Crippen molar-refractivity contribution in [2.45, 2.75) is 4.90 Å². The zero-order valence-electron chi connectivity index (χ0n) is 17.0. The van der Waals surface area contributed by atoms with Crippen LogP contribution in [0.2, 0.25) is 0 Å². The minimum absolute atomic E-state index is 0.0109. The third kappa shape index (κ3) is 4.01. The molecule has 0 aliphatic carbocycles. The first kappa shape index (κ1) is 20.0. The molecule has 0 saturated heterocycles. The molecule has 5 rings (SSSR count). The Labute approximate surface area is 190 Å². The van der Waals surface area contributed by atoms with Gasteiger partial charge in [0.25, 0.3) is 0 Å². The third-order valence-electron chi connectivity index (χ3n) is 5.21. The Hall–Kier alpha value is -3.89. The van der Waals surface area contributed by atoms with Crippen LogP contribution in [0.15, 0.2) is 113 Å². The lowest BCUT2D eigenvalue weighted by Gasteiger charge is -2.09. The molecule has 4 heteroatoms. The van der Waals surface area contributed by atoms with Gasteiger partial charge in [-0.05, 0) is 47.5 Å². The number of ether oxygens (including phenoxy) is 1. The van der Waals surface area contributed by atoms with E-state index < -0.39 is 5.97 Å². The van der Waals surface area contributed by atoms with E-state index in [9.17, 15) is 9.59 Å². The summed E-state index contributed by atoms with van der Waals surface area (Å²) in [6, 6.07) is 32.1. The van der Waals surface area contributed by atoms with Gasteiger partial charge in [0.05, 0.1) is 10.5 Å². The molecule has 4 aromatic rings. The summed E-state index contributed by atoms with van der Waals surface area (Å²) in [5.41, 5.74) is 3.97. The number of Topliss-reactive ketones (excluding diaryl/α,β-unsaturated/α-hetero) is 1. The first-order valence-corrected chi connectivity index (χ1v) is 11.0. The molecule has 0 unspecified atom stereocenters. The van der Waals surface area contributed by atoms with Crippen LogP contribution in [0.5, 0.6) is 5.75 Å². The molecule has 32 heavy (non-hydrogen) atoms. The highest BCUT2D eigenvalue weighted by Crippen LogP contribution is 2.41. The molecular formula is C28H18O3S. The monoisotopic (exact) mass is 434 g/mol. The van der Waals surface area contributed by atoms with Gasteiger partial charge in [0.15, 0.2) is 0 Å². The highest BCUT2D eigenvalue weighted by atomic mass is 32.2. The van der Waals surface area contributed by atoms with Gasteiger partial charge in [0, 0.05) is 16.0 Å². The predicted molar refractivity (Wildman–Crippen MR) is 128 cm³/mol. The number of esters is 1. The van der Waals surface area contributed by atoms with E-state index >= 15 is 0 Å². The molecule has 154 valence electrons. The average Bonchev–Trinajstić information content (AvgIpc) is 3.16. The van der Waals surface area contributed by atoms with Gasteiger partial charge in [0.1, 0.15) is 5.75 Å². The Balaban J connectivity index is 1.37. The summed E-state index contributed by atoms with van der Waals surface area (Å²) < 4.78 is 5.70. The van der Waals surface area contributed by atoms with Crippen molar-refractivity contribution in [3.05, 3.63) is 125 Å². The molecule has 3 nitrogen and oxygen atoms in total. The van der Waals surface area contributed by atoms with Crippen LogP contribution in [0.3, 0.4) is 0 Å². The van der Waals surface area contributed by atoms with Crippen LogP contribution in [0, 0.1) is 0 Å². The lowest BCUT2D eigenvalue weighted by molar-refractivity contribution is 0.0734. The Morgan fingerprint density at radius 3 is 2.16 bits per heavy atom. The van der Waals surface area contributed by atoms with Crippen LogP contribution >= 0.6 is 11.8 Å². The maximum absolute atomic E-state index is 12.8. The van der Waals surface area contributed by atoms with Gasteiger partial charge in [-0.15, -0.1) is 0 Å². The molecule has 0 bridgehead atoms. The summed E-state index contributed by atoms with van der Waals surface area (Å²) in [7, 11) is 0. The number of carbonyl (C=O) groups is 2. The number of rotatable bonds is 4. The molecule has 1 aliphatic heterocycles. The van der Waals surface area contributed by atoms with E-state index in [4.69, 9.17) is 4.74 Å². The van der Waals surface area contributed by atoms with Crippen molar-refractivity contribution in [2.75, 3.05) is 0 Å². The van der Waals surface area contributed by atoms with Crippen LogP contribution in [-0.4, -0.2) is 11.8 Å². The Bertz CT molecular complexity index is 1340. The normalized spacial score (nSPS) is 13.8. The van der Waals surface area contributed by atoms with Crippen molar-refractivity contribution in [3.63, 3.8) is 0 Å². The largest absolute Gasteiger partial charge is 0.422 e. The number of hydrogen-bond acceptors (Lipinski definition) is 4. The molecule has 0 saturated carbocycles. The van der Waals surface area contributed by atoms with Crippen molar-refractivity contribution in [1.82, 2.24) is 0 Å². The first-order chi connectivity index (χ1) is 15.7. The van der Waals surface area contributed by atoms with E-state index in [1.54, 1.807) is 24.3 Å². The number of thioether (sulfide) groups is 1. The fourth-order valence-corrected chi connectivity index (χ4v) is 4.60. The predicted octanol–water partition coefficient (Wildman–Crippen LogP) is 6.90. The molecule has 4 aromatic carbocycles. The highest BCUT2D eigenvalue weighted by Gasteiger charge is 2.25. The Kier molecular flexibility index (Phi) is 5.44. The maximum atomic E-state index is 12.8. The fraction of sp³-hybridized carbons (Fsp3) is 0. The summed E-state index contributed by atoms with van der Waals surface area (Å²) in [4.78, 5) is 27.0. The van der Waals surface area contributed by atoms with E-state index in [2.05, 4.69) is 0 Å². The quantitative estimate of drug-likeness (QED) is 0.199. The SMILES string of the molecule is O=C(Oc1ccccc1C=C1Sc2ccccc2C1=O)c1ccc(-c2ccccc2)cc1. The van der Waals surface area contributed by atoms with Gasteiger partial charge in [-0.1, -0.05) is 84.6 Å². The smallest absolute Gasteiger partial charge is 0.343 e. The number of ketones is 1. The minimum Gasteiger partial charge on any atom is -0.422 e. The molecular weight excluding hydrogens is 416 g/mol. The Morgan fingerprint density at radius 2 is 1.38 bits per heavy atom. The Morgan fingerprint density at radius 1 is 0.719 bits per heavy atom. The number of para-hydroxylation sites is 1.